The van der Waals surface area contributed by atoms with Crippen molar-refractivity contribution in [3.63, 3.8) is 0 Å². The smallest absolute Gasteiger partial charge is 0.427 e. The van der Waals surface area contributed by atoms with Gasteiger partial charge in [0.25, 0.3) is 15.9 Å². The van der Waals surface area contributed by atoms with Crippen molar-refractivity contribution in [2.45, 2.75) is 196 Å². The maximum Gasteiger partial charge on any atom is 0.427 e. The van der Waals surface area contributed by atoms with Crippen LogP contribution in [0.3, 0.4) is 0 Å². The number of esters is 1. The van der Waals surface area contributed by atoms with Gasteiger partial charge in [0.15, 0.2) is 82.5 Å². The summed E-state index contributed by atoms with van der Waals surface area (Å²) in [5.74, 6) is -24.6. The Morgan fingerprint density at radius 2 is 0.669 bits per heavy atom. The fourth-order valence-corrected chi connectivity index (χ4v) is 28.3. The van der Waals surface area contributed by atoms with Crippen molar-refractivity contribution in [1.82, 2.24) is 4.31 Å². The number of carbonyl (C=O) groups is 1. The zero-order valence-electron chi connectivity index (χ0n) is 80.2. The number of ether oxygens (including phenoxy) is 2. The first-order valence-corrected chi connectivity index (χ1v) is 56.4. The molecule has 5 aliphatic rings. The van der Waals surface area contributed by atoms with Gasteiger partial charge in [-0.1, -0.05) is 120 Å². The number of hydrogen-bond donors (Lipinski definition) is 0. The van der Waals surface area contributed by atoms with Crippen LogP contribution in [-0.4, -0.2) is 95.0 Å². The van der Waals surface area contributed by atoms with E-state index < -0.39 is 159 Å². The quantitative estimate of drug-likeness (QED) is 0.0226. The number of sulfone groups is 2. The molecule has 1 aliphatic heterocycles. The van der Waals surface area contributed by atoms with Gasteiger partial charge >= 0.3 is 44.3 Å². The molecule has 1 heterocycles. The van der Waals surface area contributed by atoms with Crippen LogP contribution in [0.2, 0.25) is 0 Å². The molecule has 35 heteroatoms. The summed E-state index contributed by atoms with van der Waals surface area (Å²) in [6.45, 7) is 12.7. The average Bonchev–Trinajstić information content (AvgIpc) is 0.732. The van der Waals surface area contributed by atoms with Crippen molar-refractivity contribution < 1.29 is 140 Å². The number of nitrogens with zero attached hydrogens (tertiary/aromatic N) is 1. The molecular weight excluding hydrogens is 2140 g/mol. The Bertz CT molecular complexity index is 6250. The number of halogens is 19. The van der Waals surface area contributed by atoms with Gasteiger partial charge < -0.3 is 9.47 Å². The number of hydrogen-bond acceptors (Lipinski definition) is 9. The van der Waals surface area contributed by atoms with Gasteiger partial charge in [-0.05, 0) is 323 Å². The van der Waals surface area contributed by atoms with E-state index in [1.54, 1.807) is 72.8 Å². The third kappa shape index (κ3) is 31.3. The van der Waals surface area contributed by atoms with Crippen LogP contribution in [0, 0.1) is 90.0 Å². The third-order valence-electron chi connectivity index (χ3n) is 23.4. The topological polar surface area (TPSA) is 141 Å². The second kappa shape index (κ2) is 48.6. The minimum Gasteiger partial charge on any atom is -0.459 e. The molecule has 18 rings (SSSR count). The summed E-state index contributed by atoms with van der Waals surface area (Å²) in [7, 11) is -14.4. The zero-order valence-corrected chi connectivity index (χ0v) is 87.3. The van der Waals surface area contributed by atoms with Crippen molar-refractivity contribution in [1.29, 1.82) is 0 Å². The fraction of sp³-hybridized carbons (Fsp3) is 0.282. The first kappa shape index (κ1) is 115. The molecule has 5 fully saturated rings. The van der Waals surface area contributed by atoms with Crippen LogP contribution in [0.4, 0.5) is 79.0 Å². The molecule has 4 bridgehead atoms. The Balaban J connectivity index is 0.000000161. The first-order chi connectivity index (χ1) is 67.9. The predicted molar refractivity (Wildman–Crippen MR) is 524 cm³/mol. The van der Waals surface area contributed by atoms with E-state index in [0.29, 0.717) is 17.8 Å². The molecule has 0 aromatic heterocycles. The maximum absolute atomic E-state index is 13.7. The van der Waals surface area contributed by atoms with Crippen molar-refractivity contribution in [3.05, 3.63) is 391 Å². The van der Waals surface area contributed by atoms with Crippen LogP contribution in [0.15, 0.2) is 358 Å². The molecule has 0 atom stereocenters. The summed E-state index contributed by atoms with van der Waals surface area (Å²) >= 11 is -0.0703. The molecule has 0 spiro atoms. The molecule has 0 unspecified atom stereocenters. The molecular formula is C110H106F18INO9S6+4. The number of alkyl halides is 8. The van der Waals surface area contributed by atoms with Gasteiger partial charge in [-0.3, -0.25) is 4.79 Å². The van der Waals surface area contributed by atoms with Crippen LogP contribution < -0.4 is 25.9 Å². The van der Waals surface area contributed by atoms with E-state index in [4.69, 9.17) is 9.47 Å². The maximum atomic E-state index is 13.7. The Morgan fingerprint density at radius 3 is 0.924 bits per heavy atom. The van der Waals surface area contributed by atoms with Gasteiger partial charge in [0.05, 0.1) is 49.1 Å². The summed E-state index contributed by atoms with van der Waals surface area (Å²) in [5, 5.41) is -6.07. The second-order valence-corrected chi connectivity index (χ2v) is 52.5. The van der Waals surface area contributed by atoms with Crippen LogP contribution in [0.25, 0.3) is 0 Å². The van der Waals surface area contributed by atoms with Gasteiger partial charge in [0, 0.05) is 31.8 Å². The Hall–Kier alpha value is -10.5. The number of carbonyl (C=O) groups excluding carboxylic acids is 1. The van der Waals surface area contributed by atoms with Crippen LogP contribution in [0.5, 0.6) is 11.5 Å². The number of rotatable bonds is 21. The largest absolute Gasteiger partial charge is 0.459 e. The highest BCUT2D eigenvalue weighted by Gasteiger charge is 2.76. The molecule has 145 heavy (non-hydrogen) atoms. The standard InChI is InChI=1S/C20H26I.2C18H12F3S.C18H15S.C14H10F4O3S.C14H20F2O2.C8H11F6NO4S2/c1-19(2,3)15-7-11-17(12-8-15)21-18-13-9-16(10-14-18)20(4,5)6;2*19-13-1-7-16(8-2-13)22(17-9-3-14(20)4-10-17)18-11-5-15(21)6-12-18;1-4-10-16(11-5-1)19(17-12-6-2-7-13-17)18-14-8-3-9-15-18;1-7-10(15)12(17)14(13(18)11(7)16)21-8-3-5-9(6-4-8)22(2,19)20;1-13(15,16)8-12(17)18-14-5-9-2-10(6-14)4-11(3-9)7-14;1-6(9,10)7(11,12)8(13,14)21(18,19)15-2-4-20(16,17)5-3-15/h7-14H,1-6H3;2*1-12H;1-15H;3-6H,1-2H3;9-11H,2-8H2,1H3;2-5H2,1H3/q4*+1;;;. The lowest BCUT2D eigenvalue weighted by atomic mass is 9.54. The fourth-order valence-electron chi connectivity index (χ4n) is 16.4. The monoisotopic (exact) mass is 2250 g/mol. The normalized spacial score (nSPS) is 16.7. The van der Waals surface area contributed by atoms with E-state index in [-0.39, 0.29) is 92.8 Å². The van der Waals surface area contributed by atoms with E-state index in [1.807, 2.05) is 0 Å². The molecule has 13 aromatic carbocycles. The molecule has 0 amide bonds. The lowest BCUT2D eigenvalue weighted by Crippen LogP contribution is -3.61. The van der Waals surface area contributed by atoms with Gasteiger partial charge in [-0.2, -0.15) is 39.4 Å². The van der Waals surface area contributed by atoms with E-state index in [0.717, 1.165) is 93.0 Å². The van der Waals surface area contributed by atoms with E-state index in [9.17, 15) is 109 Å². The lowest BCUT2D eigenvalue weighted by Gasteiger charge is -2.55. The van der Waals surface area contributed by atoms with Gasteiger partial charge in [0.1, 0.15) is 52.7 Å². The minimum atomic E-state index is -6.15. The minimum absolute atomic E-state index is 0.0146. The van der Waals surface area contributed by atoms with Crippen molar-refractivity contribution in [2.24, 2.45) is 17.8 Å². The number of benzene rings is 13. The summed E-state index contributed by atoms with van der Waals surface area (Å²) in [6.07, 6.45) is 6.66. The van der Waals surface area contributed by atoms with Gasteiger partial charge in [-0.15, -0.1) is 0 Å². The van der Waals surface area contributed by atoms with E-state index >= 15 is 0 Å². The van der Waals surface area contributed by atoms with Crippen molar-refractivity contribution in [2.75, 3.05) is 30.9 Å². The molecule has 0 N–H and O–H groups in total. The Morgan fingerprint density at radius 1 is 0.393 bits per heavy atom. The van der Waals surface area contributed by atoms with Crippen molar-refractivity contribution >= 4 is 68.4 Å². The third-order valence-corrected chi connectivity index (χ3v) is 37.5. The average molecular weight is 2250 g/mol. The van der Waals surface area contributed by atoms with Crippen LogP contribution >= 0.6 is 0 Å². The highest BCUT2D eigenvalue weighted by molar-refractivity contribution is 7.97. The highest BCUT2D eigenvalue weighted by atomic mass is 127. The Kier molecular flexibility index (Phi) is 38.5. The van der Waals surface area contributed by atoms with E-state index in [2.05, 4.69) is 181 Å². The molecule has 1 saturated heterocycles. The van der Waals surface area contributed by atoms with Gasteiger partial charge in [0.2, 0.25) is 17.4 Å². The number of sulfonamides is 1. The van der Waals surface area contributed by atoms with Gasteiger partial charge in [-0.25, -0.2) is 69.2 Å². The summed E-state index contributed by atoms with van der Waals surface area (Å²) in [4.78, 5) is 21.0. The second-order valence-electron chi connectivity index (χ2n) is 37.1. The van der Waals surface area contributed by atoms with Crippen LogP contribution in [-0.2, 0) is 82.7 Å². The SMILES string of the molecule is CC(C)(C)c1ccc([I+]c2ccc(C(C)(C)C)cc2)cc1.CC(F)(F)C(F)(F)C(F)(F)S(=O)(=O)N1CCS(=O)(=O)CC1.CC(F)(F)CC(=O)OC12CC3CC(CC(C3)C1)C2.Cc1c(F)c(F)c(Oc2ccc(S(C)(=O)=O)cc2)c(F)c1F.Fc1ccc([S+](c2ccc(F)cc2)c2ccc(F)cc2)cc1.Fc1ccc([S+](c2ccc(F)cc2)c2ccc(F)cc2)cc1.c1ccc([S+](c2ccccc2)c2ccccc2)cc1. The lowest BCUT2D eigenvalue weighted by molar-refractivity contribution is -0.597. The highest BCUT2D eigenvalue weighted by Crippen LogP contribution is 2.58. The summed E-state index contributed by atoms with van der Waals surface area (Å²) in [5.41, 5.74) is 2.12. The molecule has 10 nitrogen and oxygen atoms in total. The molecule has 4 aliphatic carbocycles. The first-order valence-electron chi connectivity index (χ1n) is 45.4. The predicted octanol–water partition coefficient (Wildman–Crippen LogP) is 25.8. The summed E-state index contributed by atoms with van der Waals surface area (Å²) in [6, 6.07) is 92.2. The molecule has 4 saturated carbocycles. The zero-order chi connectivity index (χ0) is 106. The summed E-state index contributed by atoms with van der Waals surface area (Å²) < 4.78 is 318. The van der Waals surface area contributed by atoms with E-state index in [1.165, 1.54) is 125 Å². The molecule has 770 valence electrons. The Labute approximate surface area is 853 Å². The molecule has 13 aromatic rings. The molecule has 0 radical (unpaired) electrons. The van der Waals surface area contributed by atoms with Crippen molar-refractivity contribution in [3.8, 4) is 11.5 Å². The van der Waals surface area contributed by atoms with Crippen LogP contribution in [0.1, 0.15) is 117 Å².